The molecule has 2 aromatic rings. The van der Waals surface area contributed by atoms with Crippen molar-refractivity contribution < 1.29 is 14.4 Å². The highest BCUT2D eigenvalue weighted by Crippen LogP contribution is 2.29. The van der Waals surface area contributed by atoms with Gasteiger partial charge in [0.1, 0.15) is 10.9 Å². The molecule has 1 atom stereocenters. The average Bonchev–Trinajstić information content (AvgIpc) is 3.15. The molecule has 8 nitrogen and oxygen atoms in total. The fourth-order valence-electron chi connectivity index (χ4n) is 3.32. The second-order valence-corrected chi connectivity index (χ2v) is 8.88. The Morgan fingerprint density at radius 2 is 1.78 bits per heavy atom. The Labute approximate surface area is 193 Å². The van der Waals surface area contributed by atoms with Gasteiger partial charge in [-0.05, 0) is 54.4 Å². The van der Waals surface area contributed by atoms with E-state index in [0.717, 1.165) is 29.9 Å². The summed E-state index contributed by atoms with van der Waals surface area (Å²) in [5.74, 6) is -1.05. The number of benzene rings is 1. The number of nitrogen functional groups attached to an aromatic ring is 1. The molecule has 0 saturated heterocycles. The van der Waals surface area contributed by atoms with Crippen molar-refractivity contribution in [2.45, 2.75) is 59.4 Å². The fraction of sp³-hybridized carbons (Fsp3) is 0.478. The van der Waals surface area contributed by atoms with E-state index < -0.39 is 17.9 Å². The lowest BCUT2D eigenvalue weighted by molar-refractivity contribution is -0.122. The summed E-state index contributed by atoms with van der Waals surface area (Å²) in [6.07, 6.45) is 2.86. The minimum absolute atomic E-state index is 0.0573. The molecule has 0 saturated carbocycles. The summed E-state index contributed by atoms with van der Waals surface area (Å²) in [5.41, 5.74) is 12.9. The molecule has 0 aliphatic heterocycles. The summed E-state index contributed by atoms with van der Waals surface area (Å²) in [6, 6.07) is 6.78. The number of hydrogen-bond donors (Lipinski definition) is 3. The lowest BCUT2D eigenvalue weighted by Gasteiger charge is -2.31. The summed E-state index contributed by atoms with van der Waals surface area (Å²) in [7, 11) is 0. The zero-order valence-electron chi connectivity index (χ0n) is 19.2. The van der Waals surface area contributed by atoms with Crippen molar-refractivity contribution in [3.63, 3.8) is 0 Å². The first-order valence-electron chi connectivity index (χ1n) is 11.0. The largest absolute Gasteiger partial charge is 0.395 e. The molecule has 1 unspecified atom stereocenters. The number of nitrogens with zero attached hydrogens (tertiary/aromatic N) is 2. The highest BCUT2D eigenvalue weighted by Gasteiger charge is 2.34. The lowest BCUT2D eigenvalue weighted by Crippen LogP contribution is -2.50. The summed E-state index contributed by atoms with van der Waals surface area (Å²) >= 11 is 0.813. The van der Waals surface area contributed by atoms with Crippen molar-refractivity contribution in [1.82, 2.24) is 9.69 Å². The van der Waals surface area contributed by atoms with Gasteiger partial charge in [0.25, 0.3) is 11.8 Å². The second-order valence-electron chi connectivity index (χ2n) is 8.11. The smallest absolute Gasteiger partial charge is 0.272 e. The Bertz CT molecular complexity index is 940. The first-order chi connectivity index (χ1) is 15.2. The molecule has 1 aromatic heterocycles. The van der Waals surface area contributed by atoms with Crippen LogP contribution < -0.4 is 21.7 Å². The van der Waals surface area contributed by atoms with Crippen LogP contribution in [0.15, 0.2) is 24.3 Å². The Morgan fingerprint density at radius 3 is 2.28 bits per heavy atom. The van der Waals surface area contributed by atoms with Crippen LogP contribution in [0.25, 0.3) is 0 Å². The molecule has 1 aromatic carbocycles. The van der Waals surface area contributed by atoms with E-state index in [9.17, 15) is 14.4 Å². The van der Waals surface area contributed by atoms with Gasteiger partial charge < -0.3 is 16.8 Å². The van der Waals surface area contributed by atoms with Gasteiger partial charge in [-0.15, -0.1) is 0 Å². The van der Waals surface area contributed by atoms with Crippen LogP contribution >= 0.6 is 11.5 Å². The van der Waals surface area contributed by atoms with Crippen LogP contribution in [-0.4, -0.2) is 34.7 Å². The standard InChI is InChI=1S/C23H33N5O3S/c1-5-7-17(22(30)26-13-12-14(3)4)28(16-10-8-15(6-2)9-11-16)23(31)20-18(24)19(21(25)29)27-32-20/h8-11,14,17H,5-7,12-13,24H2,1-4H3,(H2,25,29)(H,26,30). The predicted octanol–water partition coefficient (Wildman–Crippen LogP) is 3.36. The van der Waals surface area contributed by atoms with Crippen molar-refractivity contribution in [3.05, 3.63) is 40.4 Å². The summed E-state index contributed by atoms with van der Waals surface area (Å²) in [4.78, 5) is 39.9. The number of carbonyl (C=O) groups excluding carboxylic acids is 3. The SMILES string of the molecule is CCCC(C(=O)NCCC(C)C)N(C(=O)c1snc(C(N)=O)c1N)c1ccc(CC)cc1. The Kier molecular flexibility index (Phi) is 9.19. The van der Waals surface area contributed by atoms with Crippen LogP contribution in [0.3, 0.4) is 0 Å². The van der Waals surface area contributed by atoms with Crippen molar-refractivity contribution >= 4 is 40.6 Å². The number of nitrogens with one attached hydrogen (secondary N) is 1. The first-order valence-corrected chi connectivity index (χ1v) is 11.7. The summed E-state index contributed by atoms with van der Waals surface area (Å²) in [6.45, 7) is 8.71. The number of amides is 3. The van der Waals surface area contributed by atoms with Gasteiger partial charge >= 0.3 is 0 Å². The van der Waals surface area contributed by atoms with E-state index in [2.05, 4.69) is 23.5 Å². The third kappa shape index (κ3) is 6.06. The van der Waals surface area contributed by atoms with Crippen LogP contribution in [0.1, 0.15) is 72.7 Å². The van der Waals surface area contributed by atoms with E-state index in [1.54, 1.807) is 0 Å². The number of aryl methyl sites for hydroxylation is 1. The first kappa shape index (κ1) is 25.3. The average molecular weight is 460 g/mol. The molecule has 3 amide bonds. The zero-order chi connectivity index (χ0) is 23.8. The van der Waals surface area contributed by atoms with Crippen LogP contribution in [0.4, 0.5) is 11.4 Å². The molecule has 0 aliphatic carbocycles. The van der Waals surface area contributed by atoms with Gasteiger partial charge in [0, 0.05) is 12.2 Å². The minimum Gasteiger partial charge on any atom is -0.395 e. The summed E-state index contributed by atoms with van der Waals surface area (Å²) in [5, 5.41) is 2.97. The van der Waals surface area contributed by atoms with E-state index in [1.165, 1.54) is 4.90 Å². The molecule has 2 rings (SSSR count). The van der Waals surface area contributed by atoms with Gasteiger partial charge in [-0.3, -0.25) is 19.3 Å². The second kappa shape index (κ2) is 11.6. The third-order valence-electron chi connectivity index (χ3n) is 5.19. The minimum atomic E-state index is -0.798. The predicted molar refractivity (Wildman–Crippen MR) is 129 cm³/mol. The van der Waals surface area contributed by atoms with Crippen molar-refractivity contribution in [2.24, 2.45) is 11.7 Å². The molecule has 9 heteroatoms. The van der Waals surface area contributed by atoms with Gasteiger partial charge in [0.2, 0.25) is 5.91 Å². The number of primary amides is 1. The van der Waals surface area contributed by atoms with Gasteiger partial charge in [-0.1, -0.05) is 46.2 Å². The molecule has 1 heterocycles. The van der Waals surface area contributed by atoms with Crippen molar-refractivity contribution in [3.8, 4) is 0 Å². The summed E-state index contributed by atoms with van der Waals surface area (Å²) < 4.78 is 3.95. The molecule has 0 bridgehead atoms. The maximum Gasteiger partial charge on any atom is 0.272 e. The van der Waals surface area contributed by atoms with E-state index >= 15 is 0 Å². The highest BCUT2D eigenvalue weighted by atomic mass is 32.1. The van der Waals surface area contributed by atoms with E-state index in [1.807, 2.05) is 38.1 Å². The van der Waals surface area contributed by atoms with Gasteiger partial charge in [0.05, 0.1) is 5.69 Å². The van der Waals surface area contributed by atoms with Gasteiger partial charge in [0.15, 0.2) is 5.69 Å². The number of carbonyl (C=O) groups is 3. The molecule has 5 N–H and O–H groups in total. The van der Waals surface area contributed by atoms with Crippen molar-refractivity contribution in [2.75, 3.05) is 17.2 Å². The Morgan fingerprint density at radius 1 is 1.12 bits per heavy atom. The monoisotopic (exact) mass is 459 g/mol. The lowest BCUT2D eigenvalue weighted by atomic mass is 10.1. The maximum absolute atomic E-state index is 13.6. The maximum atomic E-state index is 13.6. The molecule has 0 aliphatic rings. The van der Waals surface area contributed by atoms with Crippen LogP contribution in [-0.2, 0) is 11.2 Å². The Hall–Kier alpha value is -2.94. The van der Waals surface area contributed by atoms with Crippen LogP contribution in [0, 0.1) is 5.92 Å². The molecule has 32 heavy (non-hydrogen) atoms. The van der Waals surface area contributed by atoms with Crippen LogP contribution in [0.5, 0.6) is 0 Å². The number of aromatic nitrogens is 1. The van der Waals surface area contributed by atoms with Crippen molar-refractivity contribution in [1.29, 1.82) is 0 Å². The normalized spacial score (nSPS) is 11.9. The molecule has 0 radical (unpaired) electrons. The third-order valence-corrected chi connectivity index (χ3v) is 6.05. The van der Waals surface area contributed by atoms with E-state index in [4.69, 9.17) is 11.5 Å². The Balaban J connectivity index is 2.48. The highest BCUT2D eigenvalue weighted by molar-refractivity contribution is 7.09. The van der Waals surface area contributed by atoms with E-state index in [0.29, 0.717) is 31.0 Å². The zero-order valence-corrected chi connectivity index (χ0v) is 20.0. The number of rotatable bonds is 11. The van der Waals surface area contributed by atoms with Gasteiger partial charge in [-0.25, -0.2) is 0 Å². The molecular formula is C23H33N5O3S. The van der Waals surface area contributed by atoms with E-state index in [-0.39, 0.29) is 22.2 Å². The number of nitrogens with two attached hydrogens (primary N) is 2. The van der Waals surface area contributed by atoms with Gasteiger partial charge in [-0.2, -0.15) is 4.37 Å². The fourth-order valence-corrected chi connectivity index (χ4v) is 4.06. The number of anilines is 2. The number of hydrogen-bond acceptors (Lipinski definition) is 6. The molecule has 174 valence electrons. The molecular weight excluding hydrogens is 426 g/mol. The molecule has 0 spiro atoms. The topological polar surface area (TPSA) is 131 Å². The quantitative estimate of drug-likeness (QED) is 0.474. The van der Waals surface area contributed by atoms with Crippen LogP contribution in [0.2, 0.25) is 0 Å². The molecule has 0 fully saturated rings.